The number of benzene rings is 1. The number of nitrogens with one attached hydrogen (secondary N) is 1. The molecular weight excluding hydrogens is 380 g/mol. The molecule has 1 N–H and O–H groups in total. The number of hydrogen-bond acceptors (Lipinski definition) is 6. The highest BCUT2D eigenvalue weighted by Gasteiger charge is 2.33. The second kappa shape index (κ2) is 8.06. The van der Waals surface area contributed by atoms with Gasteiger partial charge in [-0.05, 0) is 38.0 Å². The molecule has 0 fully saturated rings. The van der Waals surface area contributed by atoms with E-state index in [1.165, 1.54) is 19.1 Å². The lowest BCUT2D eigenvalue weighted by atomic mass is 9.90. The Labute approximate surface area is 158 Å². The standard InChI is InChI=1S/C17H21ClN2O5S/c1-10(2)17(4,9-19)20-15(21)11(3)25-16(22)13-8-12(26(5,23)24)6-7-14(13)18/h6-8,10-11H,1-5H3,(H,20,21)/t11-,17+/m1/s1. The van der Waals surface area contributed by atoms with Gasteiger partial charge in [0, 0.05) is 6.26 Å². The summed E-state index contributed by atoms with van der Waals surface area (Å²) in [7, 11) is -3.54. The van der Waals surface area contributed by atoms with Gasteiger partial charge in [0.1, 0.15) is 5.54 Å². The first-order valence-electron chi connectivity index (χ1n) is 7.75. The number of nitrogens with zero attached hydrogens (tertiary/aromatic N) is 1. The molecule has 0 radical (unpaired) electrons. The number of carbonyl (C=O) groups is 2. The van der Waals surface area contributed by atoms with Gasteiger partial charge >= 0.3 is 5.97 Å². The predicted molar refractivity (Wildman–Crippen MR) is 96.4 cm³/mol. The first-order valence-corrected chi connectivity index (χ1v) is 10.0. The molecule has 0 aliphatic rings. The van der Waals surface area contributed by atoms with E-state index < -0.39 is 33.4 Å². The van der Waals surface area contributed by atoms with Crippen LogP contribution in [0.4, 0.5) is 0 Å². The second-order valence-corrected chi connectivity index (χ2v) is 8.84. The van der Waals surface area contributed by atoms with E-state index in [-0.39, 0.29) is 21.4 Å². The van der Waals surface area contributed by atoms with Crippen LogP contribution in [0.2, 0.25) is 5.02 Å². The summed E-state index contributed by atoms with van der Waals surface area (Å²) in [6, 6.07) is 5.66. The van der Waals surface area contributed by atoms with E-state index >= 15 is 0 Å². The van der Waals surface area contributed by atoms with Crippen LogP contribution >= 0.6 is 11.6 Å². The molecule has 7 nitrogen and oxygen atoms in total. The van der Waals surface area contributed by atoms with Gasteiger partial charge in [-0.15, -0.1) is 0 Å². The fourth-order valence-electron chi connectivity index (χ4n) is 1.83. The molecule has 142 valence electrons. The van der Waals surface area contributed by atoms with Crippen molar-refractivity contribution < 1.29 is 22.7 Å². The maximum atomic E-state index is 12.3. The maximum Gasteiger partial charge on any atom is 0.340 e. The molecule has 1 amide bonds. The third-order valence-electron chi connectivity index (χ3n) is 4.01. The smallest absolute Gasteiger partial charge is 0.340 e. The minimum Gasteiger partial charge on any atom is -0.449 e. The second-order valence-electron chi connectivity index (χ2n) is 6.42. The summed E-state index contributed by atoms with van der Waals surface area (Å²) in [5, 5.41) is 11.8. The van der Waals surface area contributed by atoms with Gasteiger partial charge in [0.05, 0.1) is 21.6 Å². The van der Waals surface area contributed by atoms with Crippen molar-refractivity contribution in [3.63, 3.8) is 0 Å². The van der Waals surface area contributed by atoms with E-state index in [4.69, 9.17) is 16.3 Å². The molecule has 26 heavy (non-hydrogen) atoms. The van der Waals surface area contributed by atoms with Crippen LogP contribution in [0.5, 0.6) is 0 Å². The van der Waals surface area contributed by atoms with Crippen molar-refractivity contribution in [3.05, 3.63) is 28.8 Å². The minimum atomic E-state index is -3.54. The third-order valence-corrected chi connectivity index (χ3v) is 5.45. The van der Waals surface area contributed by atoms with E-state index in [0.717, 1.165) is 12.3 Å². The Morgan fingerprint density at radius 2 is 1.88 bits per heavy atom. The van der Waals surface area contributed by atoms with Crippen molar-refractivity contribution >= 4 is 33.3 Å². The number of carbonyl (C=O) groups excluding carboxylic acids is 2. The lowest BCUT2D eigenvalue weighted by Crippen LogP contribution is -2.52. The number of ether oxygens (including phenoxy) is 1. The largest absolute Gasteiger partial charge is 0.449 e. The van der Waals surface area contributed by atoms with Crippen LogP contribution in [0, 0.1) is 17.2 Å². The van der Waals surface area contributed by atoms with Crippen LogP contribution in [0.3, 0.4) is 0 Å². The summed E-state index contributed by atoms with van der Waals surface area (Å²) < 4.78 is 28.3. The number of esters is 1. The number of sulfone groups is 1. The summed E-state index contributed by atoms with van der Waals surface area (Å²) >= 11 is 5.94. The van der Waals surface area contributed by atoms with Crippen molar-refractivity contribution in [2.75, 3.05) is 6.26 Å². The Hall–Kier alpha value is -2.11. The summed E-state index contributed by atoms with van der Waals surface area (Å²) in [6.45, 7) is 6.46. The summed E-state index contributed by atoms with van der Waals surface area (Å²) in [5.74, 6) is -1.75. The van der Waals surface area contributed by atoms with Crippen LogP contribution in [-0.2, 0) is 19.4 Å². The first-order chi connectivity index (χ1) is 11.8. The zero-order valence-corrected chi connectivity index (χ0v) is 16.7. The maximum absolute atomic E-state index is 12.3. The van der Waals surface area contributed by atoms with Crippen molar-refractivity contribution in [1.82, 2.24) is 5.32 Å². The summed E-state index contributed by atoms with van der Waals surface area (Å²) in [4.78, 5) is 24.4. The highest BCUT2D eigenvalue weighted by molar-refractivity contribution is 7.90. The Kier molecular flexibility index (Phi) is 6.80. The third kappa shape index (κ3) is 5.19. The molecule has 0 aliphatic heterocycles. The van der Waals surface area contributed by atoms with E-state index in [1.807, 2.05) is 6.07 Å². The Morgan fingerprint density at radius 3 is 2.35 bits per heavy atom. The number of rotatable bonds is 6. The zero-order chi connectivity index (χ0) is 20.3. The fourth-order valence-corrected chi connectivity index (χ4v) is 2.67. The zero-order valence-electron chi connectivity index (χ0n) is 15.2. The Morgan fingerprint density at radius 1 is 1.31 bits per heavy atom. The number of amides is 1. The molecule has 0 aliphatic carbocycles. The Balaban J connectivity index is 2.98. The molecule has 0 bridgehead atoms. The van der Waals surface area contributed by atoms with Gasteiger partial charge in [0.2, 0.25) is 0 Å². The monoisotopic (exact) mass is 400 g/mol. The number of halogens is 1. The predicted octanol–water partition coefficient (Wildman–Crippen LogP) is 2.34. The van der Waals surface area contributed by atoms with Gasteiger partial charge in [-0.3, -0.25) is 4.79 Å². The molecule has 1 aromatic rings. The van der Waals surface area contributed by atoms with Crippen molar-refractivity contribution in [1.29, 1.82) is 5.26 Å². The van der Waals surface area contributed by atoms with Crippen LogP contribution in [-0.4, -0.2) is 38.2 Å². The molecule has 0 saturated heterocycles. The average molecular weight is 401 g/mol. The van der Waals surface area contributed by atoms with Crippen molar-refractivity contribution in [2.45, 2.75) is 44.2 Å². The molecule has 1 rings (SSSR count). The molecule has 9 heteroatoms. The molecule has 0 unspecified atom stereocenters. The van der Waals surface area contributed by atoms with Crippen LogP contribution in [0.1, 0.15) is 38.1 Å². The van der Waals surface area contributed by atoms with Crippen LogP contribution in [0.25, 0.3) is 0 Å². The first kappa shape index (κ1) is 21.9. The SMILES string of the molecule is CC(C)[C@](C)(C#N)NC(=O)[C@@H](C)OC(=O)c1cc(S(C)(=O)=O)ccc1Cl. The van der Waals surface area contributed by atoms with Gasteiger partial charge < -0.3 is 10.1 Å². The molecule has 0 aromatic heterocycles. The topological polar surface area (TPSA) is 113 Å². The molecular formula is C17H21ClN2O5S. The van der Waals surface area contributed by atoms with E-state index in [0.29, 0.717) is 0 Å². The lowest BCUT2D eigenvalue weighted by molar-refractivity contribution is -0.130. The normalized spacial score (nSPS) is 14.8. The van der Waals surface area contributed by atoms with Gasteiger partial charge in [-0.2, -0.15) is 5.26 Å². The Bertz CT molecular complexity index is 860. The number of nitriles is 1. The highest BCUT2D eigenvalue weighted by Crippen LogP contribution is 2.22. The fraction of sp³-hybridized carbons (Fsp3) is 0.471. The summed E-state index contributed by atoms with van der Waals surface area (Å²) in [5.41, 5.74) is -1.29. The number of hydrogen-bond donors (Lipinski definition) is 1. The van der Waals surface area contributed by atoms with Gasteiger partial charge in [0.15, 0.2) is 15.9 Å². The summed E-state index contributed by atoms with van der Waals surface area (Å²) in [6.07, 6.45) is -0.206. The molecule has 1 aromatic carbocycles. The molecule has 2 atom stereocenters. The van der Waals surface area contributed by atoms with Crippen LogP contribution < -0.4 is 5.32 Å². The van der Waals surface area contributed by atoms with E-state index in [2.05, 4.69) is 5.32 Å². The van der Waals surface area contributed by atoms with Gasteiger partial charge in [0.25, 0.3) is 5.91 Å². The molecule has 0 saturated carbocycles. The average Bonchev–Trinajstić information content (AvgIpc) is 2.53. The van der Waals surface area contributed by atoms with E-state index in [1.54, 1.807) is 20.8 Å². The van der Waals surface area contributed by atoms with Crippen molar-refractivity contribution in [2.24, 2.45) is 5.92 Å². The quantitative estimate of drug-likeness (QED) is 0.733. The minimum absolute atomic E-state index is 0.000878. The van der Waals surface area contributed by atoms with Crippen LogP contribution in [0.15, 0.2) is 23.1 Å². The molecule has 0 heterocycles. The molecule has 0 spiro atoms. The van der Waals surface area contributed by atoms with Gasteiger partial charge in [-0.1, -0.05) is 25.4 Å². The highest BCUT2D eigenvalue weighted by atomic mass is 35.5. The van der Waals surface area contributed by atoms with Crippen molar-refractivity contribution in [3.8, 4) is 6.07 Å². The van der Waals surface area contributed by atoms with E-state index in [9.17, 15) is 23.3 Å². The lowest BCUT2D eigenvalue weighted by Gasteiger charge is -2.28. The van der Waals surface area contributed by atoms with Gasteiger partial charge in [-0.25, -0.2) is 13.2 Å².